The van der Waals surface area contributed by atoms with E-state index in [-0.39, 0.29) is 11.5 Å². The van der Waals surface area contributed by atoms with Gasteiger partial charge in [0.1, 0.15) is 17.0 Å². The van der Waals surface area contributed by atoms with E-state index < -0.39 is 16.1 Å². The Bertz CT molecular complexity index is 718. The maximum Gasteiger partial charge on any atom is 0.242 e. The second kappa shape index (κ2) is 5.24. The van der Waals surface area contributed by atoms with E-state index in [4.69, 9.17) is 0 Å². The first kappa shape index (κ1) is 14.2. The molecule has 2 aromatic rings. The number of H-pyrrole nitrogens is 1. The molecule has 1 aliphatic rings. The molecule has 2 heterocycles. The van der Waals surface area contributed by atoms with Gasteiger partial charge in [0, 0.05) is 17.9 Å². The van der Waals surface area contributed by atoms with Crippen LogP contribution in [0.3, 0.4) is 0 Å². The van der Waals surface area contributed by atoms with Gasteiger partial charge >= 0.3 is 0 Å². The van der Waals surface area contributed by atoms with Crippen molar-refractivity contribution in [3.63, 3.8) is 0 Å². The molecular formula is C12H17N5O3S. The summed E-state index contributed by atoms with van der Waals surface area (Å²) in [5.74, 6) is 0.447. The number of aliphatic hydroxyl groups is 1. The Kier molecular flexibility index (Phi) is 3.56. The fraction of sp³-hybridized carbons (Fsp3) is 0.500. The van der Waals surface area contributed by atoms with Gasteiger partial charge in [-0.05, 0) is 25.8 Å². The monoisotopic (exact) mass is 311 g/mol. The molecular weight excluding hydrogens is 294 g/mol. The third-order valence-electron chi connectivity index (χ3n) is 3.50. The lowest BCUT2D eigenvalue weighted by Crippen LogP contribution is -2.27. The molecule has 1 saturated carbocycles. The number of aliphatic hydroxyl groups excluding tert-OH is 1. The van der Waals surface area contributed by atoms with Crippen molar-refractivity contribution >= 4 is 10.0 Å². The smallest absolute Gasteiger partial charge is 0.242 e. The summed E-state index contributed by atoms with van der Waals surface area (Å²) in [5.41, 5.74) is 0.616. The van der Waals surface area contributed by atoms with Crippen LogP contribution in [-0.4, -0.2) is 33.3 Å². The van der Waals surface area contributed by atoms with Crippen LogP contribution in [0.5, 0.6) is 0 Å². The average Bonchev–Trinajstić information content (AvgIpc) is 2.98. The Balaban J connectivity index is 1.84. The molecule has 114 valence electrons. The Labute approximate surface area is 122 Å². The fourth-order valence-corrected chi connectivity index (χ4v) is 3.50. The quantitative estimate of drug-likeness (QED) is 0.718. The van der Waals surface area contributed by atoms with Crippen molar-refractivity contribution in [1.82, 2.24) is 24.5 Å². The molecule has 3 N–H and O–H groups in total. The minimum absolute atomic E-state index is 0.157. The number of nitrogens with zero attached hydrogens (tertiary/aromatic N) is 3. The summed E-state index contributed by atoms with van der Waals surface area (Å²) in [6, 6.07) is 1.30. The first-order chi connectivity index (χ1) is 10.0. The van der Waals surface area contributed by atoms with Gasteiger partial charge in [0.2, 0.25) is 10.0 Å². The van der Waals surface area contributed by atoms with E-state index in [2.05, 4.69) is 19.9 Å². The summed E-state index contributed by atoms with van der Waals surface area (Å²) < 4.78 is 29.2. The van der Waals surface area contributed by atoms with Crippen LogP contribution in [0.15, 0.2) is 23.5 Å². The number of rotatable bonds is 6. The van der Waals surface area contributed by atoms with E-state index in [1.54, 1.807) is 13.1 Å². The molecule has 1 atom stereocenters. The van der Waals surface area contributed by atoms with Crippen LogP contribution >= 0.6 is 0 Å². The third-order valence-corrected chi connectivity index (χ3v) is 5.00. The topological polar surface area (TPSA) is 113 Å². The number of nitrogens with one attached hydrogen (secondary N) is 2. The summed E-state index contributed by atoms with van der Waals surface area (Å²) >= 11 is 0. The summed E-state index contributed by atoms with van der Waals surface area (Å²) in [7, 11) is -3.67. The maximum atomic E-state index is 12.4. The summed E-state index contributed by atoms with van der Waals surface area (Å²) in [6.45, 7) is 1.51. The first-order valence-corrected chi connectivity index (χ1v) is 8.19. The van der Waals surface area contributed by atoms with Gasteiger partial charge in [0.25, 0.3) is 0 Å². The molecule has 0 saturated heterocycles. The van der Waals surface area contributed by atoms with Crippen LogP contribution in [0.1, 0.15) is 43.4 Å². The van der Waals surface area contributed by atoms with Crippen molar-refractivity contribution in [2.45, 2.75) is 43.4 Å². The Morgan fingerprint density at radius 2 is 2.33 bits per heavy atom. The highest BCUT2D eigenvalue weighted by molar-refractivity contribution is 7.89. The first-order valence-electron chi connectivity index (χ1n) is 6.70. The van der Waals surface area contributed by atoms with Crippen LogP contribution in [-0.2, 0) is 16.6 Å². The molecule has 2 aromatic heterocycles. The number of aromatic amines is 1. The summed E-state index contributed by atoms with van der Waals surface area (Å²) in [4.78, 5) is 4.09. The van der Waals surface area contributed by atoms with Gasteiger partial charge in [0.15, 0.2) is 0 Å². The zero-order valence-corrected chi connectivity index (χ0v) is 12.3. The molecule has 0 spiro atoms. The lowest BCUT2D eigenvalue weighted by atomic mass is 10.3. The molecule has 21 heavy (non-hydrogen) atoms. The highest BCUT2D eigenvalue weighted by atomic mass is 32.2. The fourth-order valence-electron chi connectivity index (χ4n) is 2.24. The lowest BCUT2D eigenvalue weighted by molar-refractivity contribution is 0.270. The van der Waals surface area contributed by atoms with E-state index >= 15 is 0 Å². The summed E-state index contributed by atoms with van der Waals surface area (Å²) in [5, 5.41) is 15.7. The minimum Gasteiger partial charge on any atom is -0.390 e. The van der Waals surface area contributed by atoms with E-state index in [0.29, 0.717) is 17.6 Å². The largest absolute Gasteiger partial charge is 0.390 e. The third kappa shape index (κ3) is 2.85. The number of aromatic nitrogens is 4. The Hall–Kier alpha value is -1.71. The van der Waals surface area contributed by atoms with E-state index in [9.17, 15) is 13.5 Å². The predicted molar refractivity (Wildman–Crippen MR) is 73.7 cm³/mol. The zero-order valence-electron chi connectivity index (χ0n) is 11.5. The molecule has 1 fully saturated rings. The average molecular weight is 311 g/mol. The van der Waals surface area contributed by atoms with Gasteiger partial charge in [0.05, 0.1) is 12.6 Å². The van der Waals surface area contributed by atoms with Gasteiger partial charge < -0.3 is 9.67 Å². The number of hydrogen-bond acceptors (Lipinski definition) is 5. The van der Waals surface area contributed by atoms with Crippen molar-refractivity contribution in [2.24, 2.45) is 0 Å². The highest BCUT2D eigenvalue weighted by Crippen LogP contribution is 2.37. The van der Waals surface area contributed by atoms with Crippen LogP contribution in [0, 0.1) is 0 Å². The molecule has 9 heteroatoms. The van der Waals surface area contributed by atoms with Gasteiger partial charge in [-0.2, -0.15) is 5.10 Å². The van der Waals surface area contributed by atoms with Crippen molar-refractivity contribution in [3.05, 3.63) is 30.1 Å². The second-order valence-electron chi connectivity index (χ2n) is 5.18. The van der Waals surface area contributed by atoms with E-state index in [1.807, 2.05) is 4.57 Å². The van der Waals surface area contributed by atoms with Crippen molar-refractivity contribution in [3.8, 4) is 0 Å². The Morgan fingerprint density at radius 3 is 2.90 bits per heavy atom. The van der Waals surface area contributed by atoms with Crippen LogP contribution in [0.25, 0.3) is 0 Å². The van der Waals surface area contributed by atoms with Crippen LogP contribution in [0.2, 0.25) is 0 Å². The molecule has 0 amide bonds. The van der Waals surface area contributed by atoms with Crippen LogP contribution < -0.4 is 4.72 Å². The predicted octanol–water partition coefficient (Wildman–Crippen LogP) is 0.473. The van der Waals surface area contributed by atoms with Gasteiger partial charge in [-0.15, -0.1) is 0 Å². The molecule has 8 nitrogen and oxygen atoms in total. The number of hydrogen-bond donors (Lipinski definition) is 3. The Morgan fingerprint density at radius 1 is 1.57 bits per heavy atom. The normalized spacial score (nSPS) is 17.0. The second-order valence-corrected chi connectivity index (χ2v) is 6.89. The molecule has 0 aliphatic heterocycles. The van der Waals surface area contributed by atoms with Gasteiger partial charge in [-0.25, -0.2) is 18.1 Å². The molecule has 0 radical (unpaired) electrons. The van der Waals surface area contributed by atoms with E-state index in [0.717, 1.165) is 12.8 Å². The number of sulfonamides is 1. The molecule has 0 bridgehead atoms. The summed E-state index contributed by atoms with van der Waals surface area (Å²) in [6.07, 6.45) is 4.94. The minimum atomic E-state index is -3.67. The standard InChI is InChI=1S/C12H17N5O3S/c1-8(12-13-7-14-15-12)16-21(19,20)11-4-10(6-18)17(5-11)9-2-3-9/h4-5,7-9,16,18H,2-3,6H2,1H3,(H,13,14,15). The molecule has 1 aliphatic carbocycles. The van der Waals surface area contributed by atoms with Crippen molar-refractivity contribution in [2.75, 3.05) is 0 Å². The van der Waals surface area contributed by atoms with Gasteiger partial charge in [-0.3, -0.25) is 5.10 Å². The van der Waals surface area contributed by atoms with Crippen molar-refractivity contribution < 1.29 is 13.5 Å². The highest BCUT2D eigenvalue weighted by Gasteiger charge is 2.29. The SMILES string of the molecule is CC(NS(=O)(=O)c1cc(CO)n(C2CC2)c1)c1ncn[nH]1. The van der Waals surface area contributed by atoms with E-state index in [1.165, 1.54) is 12.4 Å². The molecule has 1 unspecified atom stereocenters. The van der Waals surface area contributed by atoms with Gasteiger partial charge in [-0.1, -0.05) is 0 Å². The van der Waals surface area contributed by atoms with Crippen molar-refractivity contribution in [1.29, 1.82) is 0 Å². The lowest BCUT2D eigenvalue weighted by Gasteiger charge is -2.10. The zero-order chi connectivity index (χ0) is 15.0. The molecule has 3 rings (SSSR count). The molecule has 0 aromatic carbocycles. The van der Waals surface area contributed by atoms with Crippen LogP contribution in [0.4, 0.5) is 0 Å². The maximum absolute atomic E-state index is 12.4.